The summed E-state index contributed by atoms with van der Waals surface area (Å²) in [6.07, 6.45) is 1.32. The molecule has 7 heteroatoms. The molecule has 116 valence electrons. The van der Waals surface area contributed by atoms with Crippen LogP contribution >= 0.6 is 7.60 Å². The normalized spacial score (nSPS) is 12.1. The molecule has 1 rings (SSSR count). The molecule has 0 heterocycles. The zero-order valence-corrected chi connectivity index (χ0v) is 13.4. The van der Waals surface area contributed by atoms with E-state index in [9.17, 15) is 9.36 Å². The van der Waals surface area contributed by atoms with E-state index in [1.807, 2.05) is 0 Å². The molecular weight excluding hydrogens is 295 g/mol. The lowest BCUT2D eigenvalue weighted by Gasteiger charge is -2.16. The third-order valence-electron chi connectivity index (χ3n) is 2.87. The SMILES string of the molecule is COC=C(C(=O)OC)c1ccccc1CP(=O)(OC)OC. The van der Waals surface area contributed by atoms with Crippen LogP contribution in [0, 0.1) is 0 Å². The van der Waals surface area contributed by atoms with Gasteiger partial charge in [-0.3, -0.25) is 4.57 Å². The number of rotatable bonds is 7. The van der Waals surface area contributed by atoms with Crippen molar-refractivity contribution in [2.75, 3.05) is 28.4 Å². The second-order valence-corrected chi connectivity index (χ2v) is 6.32. The van der Waals surface area contributed by atoms with Crippen LogP contribution in [-0.2, 0) is 34.0 Å². The zero-order valence-electron chi connectivity index (χ0n) is 12.5. The van der Waals surface area contributed by atoms with Crippen LogP contribution in [-0.4, -0.2) is 34.4 Å². The molecule has 0 aromatic heterocycles. The van der Waals surface area contributed by atoms with Crippen molar-refractivity contribution in [3.8, 4) is 0 Å². The lowest BCUT2D eigenvalue weighted by atomic mass is 10.0. The highest BCUT2D eigenvalue weighted by Gasteiger charge is 2.25. The van der Waals surface area contributed by atoms with Gasteiger partial charge in [0.15, 0.2) is 0 Å². The van der Waals surface area contributed by atoms with Crippen LogP contribution in [0.5, 0.6) is 0 Å². The molecule has 0 unspecified atom stereocenters. The van der Waals surface area contributed by atoms with Gasteiger partial charge in [0.25, 0.3) is 0 Å². The average Bonchev–Trinajstić information content (AvgIpc) is 2.52. The van der Waals surface area contributed by atoms with Crippen LogP contribution < -0.4 is 0 Å². The van der Waals surface area contributed by atoms with Gasteiger partial charge in [-0.15, -0.1) is 0 Å². The summed E-state index contributed by atoms with van der Waals surface area (Å²) in [4.78, 5) is 11.9. The molecule has 0 fully saturated rings. The standard InChI is InChI=1S/C14H19O6P/c1-17-9-13(14(15)18-2)12-8-6-5-7-11(12)10-21(16,19-3)20-4/h5-9H,10H2,1-4H3. The van der Waals surface area contributed by atoms with Crippen molar-refractivity contribution in [1.82, 2.24) is 0 Å². The summed E-state index contributed by atoms with van der Waals surface area (Å²) in [6.45, 7) is 0. The Bertz CT molecular complexity index is 558. The zero-order chi connectivity index (χ0) is 15.9. The Morgan fingerprint density at radius 1 is 1.14 bits per heavy atom. The number of benzene rings is 1. The Kier molecular flexibility index (Phi) is 6.62. The Balaban J connectivity index is 3.28. The second-order valence-electron chi connectivity index (χ2n) is 4.05. The maximum atomic E-state index is 12.3. The van der Waals surface area contributed by atoms with Gasteiger partial charge in [-0.2, -0.15) is 0 Å². The van der Waals surface area contributed by atoms with Crippen LogP contribution in [0.15, 0.2) is 30.5 Å². The van der Waals surface area contributed by atoms with Crippen molar-refractivity contribution < 1.29 is 27.9 Å². The van der Waals surface area contributed by atoms with Gasteiger partial charge in [0.05, 0.1) is 26.6 Å². The number of carbonyl (C=O) groups excluding carboxylic acids is 1. The van der Waals surface area contributed by atoms with Gasteiger partial charge in [0.1, 0.15) is 5.57 Å². The topological polar surface area (TPSA) is 71.1 Å². The first-order chi connectivity index (χ1) is 10.0. The molecule has 0 atom stereocenters. The van der Waals surface area contributed by atoms with Gasteiger partial charge < -0.3 is 18.5 Å². The smallest absolute Gasteiger partial charge is 0.341 e. The minimum Gasteiger partial charge on any atom is -0.503 e. The van der Waals surface area contributed by atoms with E-state index in [-0.39, 0.29) is 11.7 Å². The van der Waals surface area contributed by atoms with Crippen molar-refractivity contribution in [2.24, 2.45) is 0 Å². The van der Waals surface area contributed by atoms with Crippen LogP contribution in [0.25, 0.3) is 5.57 Å². The van der Waals surface area contributed by atoms with E-state index in [1.54, 1.807) is 24.3 Å². The predicted octanol–water partition coefficient (Wildman–Crippen LogP) is 2.83. The first-order valence-corrected chi connectivity index (χ1v) is 7.84. The van der Waals surface area contributed by atoms with E-state index in [2.05, 4.69) is 0 Å². The molecule has 21 heavy (non-hydrogen) atoms. The van der Waals surface area contributed by atoms with Crippen molar-refractivity contribution in [3.05, 3.63) is 41.7 Å². The van der Waals surface area contributed by atoms with Crippen molar-refractivity contribution in [2.45, 2.75) is 6.16 Å². The minimum atomic E-state index is -3.25. The molecule has 0 aliphatic carbocycles. The molecule has 1 aromatic rings. The van der Waals surface area contributed by atoms with E-state index in [4.69, 9.17) is 18.5 Å². The maximum absolute atomic E-state index is 12.3. The van der Waals surface area contributed by atoms with E-state index in [0.29, 0.717) is 11.1 Å². The summed E-state index contributed by atoms with van der Waals surface area (Å²) in [7, 11) is 2.10. The van der Waals surface area contributed by atoms with Crippen LogP contribution in [0.1, 0.15) is 11.1 Å². The number of hydrogen-bond donors (Lipinski definition) is 0. The van der Waals surface area contributed by atoms with Crippen molar-refractivity contribution >= 4 is 19.1 Å². The van der Waals surface area contributed by atoms with Gasteiger partial charge >= 0.3 is 13.6 Å². The number of methoxy groups -OCH3 is 2. The summed E-state index contributed by atoms with van der Waals surface area (Å²) in [5.41, 5.74) is 1.42. The summed E-state index contributed by atoms with van der Waals surface area (Å²) >= 11 is 0. The van der Waals surface area contributed by atoms with E-state index in [0.717, 1.165) is 0 Å². The quantitative estimate of drug-likeness (QED) is 0.333. The fraction of sp³-hybridized carbons (Fsp3) is 0.357. The molecule has 1 aromatic carbocycles. The lowest BCUT2D eigenvalue weighted by molar-refractivity contribution is -0.133. The number of hydrogen-bond acceptors (Lipinski definition) is 6. The average molecular weight is 314 g/mol. The molecule has 0 aliphatic rings. The number of carbonyl (C=O) groups is 1. The third kappa shape index (κ3) is 4.43. The number of ether oxygens (including phenoxy) is 2. The highest BCUT2D eigenvalue weighted by atomic mass is 31.2. The first-order valence-electron chi connectivity index (χ1n) is 6.11. The minimum absolute atomic E-state index is 0.0359. The molecule has 0 spiro atoms. The Hall–Kier alpha value is -1.62. The fourth-order valence-corrected chi connectivity index (χ4v) is 2.88. The van der Waals surface area contributed by atoms with Gasteiger partial charge in [-0.25, -0.2) is 4.79 Å². The summed E-state index contributed by atoms with van der Waals surface area (Å²) < 4.78 is 31.8. The molecular formula is C14H19O6P. The second kappa shape index (κ2) is 7.98. The monoisotopic (exact) mass is 314 g/mol. The molecule has 6 nitrogen and oxygen atoms in total. The molecule has 0 amide bonds. The van der Waals surface area contributed by atoms with Gasteiger partial charge in [0, 0.05) is 14.2 Å². The van der Waals surface area contributed by atoms with Crippen LogP contribution in [0.2, 0.25) is 0 Å². The largest absolute Gasteiger partial charge is 0.503 e. The van der Waals surface area contributed by atoms with Gasteiger partial charge in [0.2, 0.25) is 0 Å². The van der Waals surface area contributed by atoms with E-state index >= 15 is 0 Å². The first kappa shape index (κ1) is 17.4. The summed E-state index contributed by atoms with van der Waals surface area (Å²) in [5, 5.41) is 0. The summed E-state index contributed by atoms with van der Waals surface area (Å²) in [5.74, 6) is -0.547. The van der Waals surface area contributed by atoms with Gasteiger partial charge in [-0.1, -0.05) is 24.3 Å². The van der Waals surface area contributed by atoms with Crippen LogP contribution in [0.4, 0.5) is 0 Å². The van der Waals surface area contributed by atoms with Crippen molar-refractivity contribution in [3.63, 3.8) is 0 Å². The Morgan fingerprint density at radius 2 is 1.76 bits per heavy atom. The van der Waals surface area contributed by atoms with E-state index < -0.39 is 13.6 Å². The highest BCUT2D eigenvalue weighted by molar-refractivity contribution is 7.52. The molecule has 0 radical (unpaired) electrons. The fourth-order valence-electron chi connectivity index (χ4n) is 1.78. The van der Waals surface area contributed by atoms with Crippen LogP contribution in [0.3, 0.4) is 0 Å². The Morgan fingerprint density at radius 3 is 2.29 bits per heavy atom. The molecule has 0 saturated carbocycles. The highest BCUT2D eigenvalue weighted by Crippen LogP contribution is 2.50. The Labute approximate surface area is 124 Å². The summed E-state index contributed by atoms with van der Waals surface area (Å²) in [6, 6.07) is 6.99. The van der Waals surface area contributed by atoms with E-state index in [1.165, 1.54) is 34.7 Å². The lowest BCUT2D eigenvalue weighted by Crippen LogP contribution is -2.07. The van der Waals surface area contributed by atoms with Crippen molar-refractivity contribution in [1.29, 1.82) is 0 Å². The molecule has 0 saturated heterocycles. The third-order valence-corrected chi connectivity index (χ3v) is 4.71. The maximum Gasteiger partial charge on any atom is 0.341 e. The molecule has 0 aliphatic heterocycles. The number of esters is 1. The molecule has 0 bridgehead atoms. The predicted molar refractivity (Wildman–Crippen MR) is 78.8 cm³/mol. The molecule has 0 N–H and O–H groups in total. The van der Waals surface area contributed by atoms with Gasteiger partial charge in [-0.05, 0) is 11.1 Å².